The highest BCUT2D eigenvalue weighted by Crippen LogP contribution is 2.54. The second kappa shape index (κ2) is 14.2. The fourth-order valence-electron chi connectivity index (χ4n) is 10.4. The predicted molar refractivity (Wildman–Crippen MR) is 258 cm³/mol. The Hall–Kier alpha value is -7.22. The number of benzene rings is 9. The summed E-state index contributed by atoms with van der Waals surface area (Å²) in [5, 5.41) is 0. The fraction of sp³-hybridized carbons (Fsp3) is 0.100. The SMILES string of the molecule is CC1(C)c2ccccc2-c2ccc(-c3cccc(N(c4ccc5c(c4)C(C)(C)c4ccccc4-5)c4cccc(-c5ccccc5)c4-c4ccccc4-c4ccccc4)c3)cc21. The summed E-state index contributed by atoms with van der Waals surface area (Å²) in [4.78, 5) is 2.51. The molecule has 0 unspecified atom stereocenters. The fourth-order valence-corrected chi connectivity index (χ4v) is 10.4. The van der Waals surface area contributed by atoms with Crippen molar-refractivity contribution in [3.8, 4) is 66.8 Å². The van der Waals surface area contributed by atoms with E-state index in [0.717, 1.165) is 17.1 Å². The van der Waals surface area contributed by atoms with E-state index in [-0.39, 0.29) is 10.8 Å². The van der Waals surface area contributed by atoms with E-state index in [9.17, 15) is 0 Å². The number of hydrogen-bond acceptors (Lipinski definition) is 1. The summed E-state index contributed by atoms with van der Waals surface area (Å²) in [6.07, 6.45) is 0. The highest BCUT2D eigenvalue weighted by molar-refractivity contribution is 6.01. The molecule has 0 aliphatic heterocycles. The van der Waals surface area contributed by atoms with Gasteiger partial charge in [0.2, 0.25) is 0 Å². The minimum Gasteiger partial charge on any atom is -0.310 e. The normalized spacial score (nSPS) is 13.8. The molecular formula is C60H47N. The van der Waals surface area contributed by atoms with Gasteiger partial charge in [0.05, 0.1) is 5.69 Å². The first-order valence-electron chi connectivity index (χ1n) is 21.5. The zero-order chi connectivity index (χ0) is 41.3. The van der Waals surface area contributed by atoms with Crippen LogP contribution in [-0.2, 0) is 10.8 Å². The molecular weight excluding hydrogens is 735 g/mol. The third kappa shape index (κ3) is 5.91. The molecule has 0 radical (unpaired) electrons. The number of fused-ring (bicyclic) bond motifs is 6. The Kier molecular flexibility index (Phi) is 8.58. The van der Waals surface area contributed by atoms with Gasteiger partial charge in [0, 0.05) is 27.8 Å². The monoisotopic (exact) mass is 781 g/mol. The van der Waals surface area contributed by atoms with Gasteiger partial charge in [-0.15, -0.1) is 0 Å². The van der Waals surface area contributed by atoms with Crippen molar-refractivity contribution < 1.29 is 0 Å². The van der Waals surface area contributed by atoms with Crippen LogP contribution in [0, 0.1) is 0 Å². The smallest absolute Gasteiger partial charge is 0.0546 e. The van der Waals surface area contributed by atoms with Crippen molar-refractivity contribution in [2.45, 2.75) is 38.5 Å². The third-order valence-corrected chi connectivity index (χ3v) is 13.5. The molecule has 0 bridgehead atoms. The molecule has 0 amide bonds. The Morgan fingerprint density at radius 1 is 0.279 bits per heavy atom. The average Bonchev–Trinajstić information content (AvgIpc) is 3.68. The molecule has 2 aliphatic carbocycles. The average molecular weight is 782 g/mol. The highest BCUT2D eigenvalue weighted by Gasteiger charge is 2.37. The Morgan fingerprint density at radius 2 is 0.721 bits per heavy atom. The Labute approximate surface area is 360 Å². The van der Waals surface area contributed by atoms with Crippen LogP contribution in [-0.4, -0.2) is 0 Å². The van der Waals surface area contributed by atoms with E-state index in [2.05, 4.69) is 245 Å². The van der Waals surface area contributed by atoms with E-state index in [1.165, 1.54) is 89.0 Å². The van der Waals surface area contributed by atoms with Crippen LogP contribution < -0.4 is 4.90 Å². The van der Waals surface area contributed by atoms with Crippen LogP contribution in [0.5, 0.6) is 0 Å². The van der Waals surface area contributed by atoms with Gasteiger partial charge in [0.15, 0.2) is 0 Å². The van der Waals surface area contributed by atoms with Crippen LogP contribution in [0.3, 0.4) is 0 Å². The lowest BCUT2D eigenvalue weighted by Gasteiger charge is -2.31. The number of anilines is 3. The molecule has 0 fully saturated rings. The van der Waals surface area contributed by atoms with Gasteiger partial charge in [0.1, 0.15) is 0 Å². The van der Waals surface area contributed by atoms with E-state index in [4.69, 9.17) is 0 Å². The summed E-state index contributed by atoms with van der Waals surface area (Å²) in [5.41, 5.74) is 23.5. The highest BCUT2D eigenvalue weighted by atomic mass is 15.1. The predicted octanol–water partition coefficient (Wildman–Crippen LogP) is 16.4. The maximum atomic E-state index is 2.51. The van der Waals surface area contributed by atoms with Crippen LogP contribution in [0.25, 0.3) is 66.8 Å². The molecule has 2 aliphatic rings. The van der Waals surface area contributed by atoms with Crippen LogP contribution >= 0.6 is 0 Å². The molecule has 0 saturated heterocycles. The van der Waals surface area contributed by atoms with Gasteiger partial charge in [-0.05, 0) is 120 Å². The van der Waals surface area contributed by atoms with E-state index in [0.29, 0.717) is 0 Å². The molecule has 0 atom stereocenters. The summed E-state index contributed by atoms with van der Waals surface area (Å²) in [5.74, 6) is 0. The zero-order valence-electron chi connectivity index (χ0n) is 35.2. The molecule has 292 valence electrons. The summed E-state index contributed by atoms with van der Waals surface area (Å²) in [6.45, 7) is 9.47. The van der Waals surface area contributed by atoms with Crippen molar-refractivity contribution in [3.05, 3.63) is 235 Å². The molecule has 0 spiro atoms. The van der Waals surface area contributed by atoms with Crippen LogP contribution in [0.4, 0.5) is 17.1 Å². The molecule has 61 heavy (non-hydrogen) atoms. The molecule has 0 aromatic heterocycles. The molecule has 0 saturated carbocycles. The summed E-state index contributed by atoms with van der Waals surface area (Å²) >= 11 is 0. The molecule has 9 aromatic carbocycles. The topological polar surface area (TPSA) is 3.24 Å². The maximum absolute atomic E-state index is 2.51. The number of rotatable bonds is 7. The van der Waals surface area contributed by atoms with Gasteiger partial charge in [-0.25, -0.2) is 0 Å². The molecule has 1 nitrogen and oxygen atoms in total. The Balaban J connectivity index is 1.16. The molecule has 9 aromatic rings. The quantitative estimate of drug-likeness (QED) is 0.156. The Morgan fingerprint density at radius 3 is 1.38 bits per heavy atom. The van der Waals surface area contributed by atoms with Gasteiger partial charge in [-0.3, -0.25) is 0 Å². The van der Waals surface area contributed by atoms with E-state index in [1.54, 1.807) is 0 Å². The van der Waals surface area contributed by atoms with E-state index < -0.39 is 0 Å². The lowest BCUT2D eigenvalue weighted by atomic mass is 9.81. The van der Waals surface area contributed by atoms with Gasteiger partial charge < -0.3 is 4.90 Å². The number of nitrogens with zero attached hydrogens (tertiary/aromatic N) is 1. The maximum Gasteiger partial charge on any atom is 0.0546 e. The first kappa shape index (κ1) is 36.8. The summed E-state index contributed by atoms with van der Waals surface area (Å²) in [7, 11) is 0. The van der Waals surface area contributed by atoms with Gasteiger partial charge in [-0.2, -0.15) is 0 Å². The van der Waals surface area contributed by atoms with E-state index in [1.807, 2.05) is 0 Å². The van der Waals surface area contributed by atoms with Crippen molar-refractivity contribution >= 4 is 17.1 Å². The van der Waals surface area contributed by atoms with Gasteiger partial charge in [0.25, 0.3) is 0 Å². The lowest BCUT2D eigenvalue weighted by Crippen LogP contribution is -2.17. The first-order valence-corrected chi connectivity index (χ1v) is 21.5. The first-order chi connectivity index (χ1) is 29.8. The van der Waals surface area contributed by atoms with Gasteiger partial charge in [-0.1, -0.05) is 204 Å². The summed E-state index contributed by atoms with van der Waals surface area (Å²) in [6, 6.07) is 78.7. The van der Waals surface area contributed by atoms with Crippen molar-refractivity contribution in [1.29, 1.82) is 0 Å². The molecule has 0 N–H and O–H groups in total. The van der Waals surface area contributed by atoms with Crippen LogP contribution in [0.2, 0.25) is 0 Å². The van der Waals surface area contributed by atoms with Crippen LogP contribution in [0.1, 0.15) is 49.9 Å². The third-order valence-electron chi connectivity index (χ3n) is 13.5. The molecule has 1 heteroatoms. The van der Waals surface area contributed by atoms with Crippen molar-refractivity contribution in [2.75, 3.05) is 4.90 Å². The van der Waals surface area contributed by atoms with E-state index >= 15 is 0 Å². The lowest BCUT2D eigenvalue weighted by molar-refractivity contribution is 0.660. The largest absolute Gasteiger partial charge is 0.310 e. The Bertz CT molecular complexity index is 3130. The van der Waals surface area contributed by atoms with Crippen molar-refractivity contribution in [3.63, 3.8) is 0 Å². The minimum atomic E-state index is -0.154. The summed E-state index contributed by atoms with van der Waals surface area (Å²) < 4.78 is 0. The van der Waals surface area contributed by atoms with Crippen molar-refractivity contribution in [2.24, 2.45) is 0 Å². The second-order valence-corrected chi connectivity index (χ2v) is 17.7. The van der Waals surface area contributed by atoms with Crippen LogP contribution in [0.15, 0.2) is 212 Å². The standard InChI is InChI=1S/C60H47N/c1-59(2)53-30-15-13-26-48(53)50-35-33-43(38-55(50)59)42-23-17-24-44(37-42)61(45-34-36-51-49-27-14-16-31-54(49)60(3,4)56(51)39-45)57-32-18-29-47(41-21-9-6-10-22-41)58(57)52-28-12-11-25-46(52)40-19-7-5-8-20-40/h5-39H,1-4H3. The molecule has 0 heterocycles. The molecule has 11 rings (SSSR count). The van der Waals surface area contributed by atoms with Crippen molar-refractivity contribution in [1.82, 2.24) is 0 Å². The second-order valence-electron chi connectivity index (χ2n) is 17.7. The number of hydrogen-bond donors (Lipinski definition) is 0. The van der Waals surface area contributed by atoms with Gasteiger partial charge >= 0.3 is 0 Å². The zero-order valence-corrected chi connectivity index (χ0v) is 35.2. The minimum absolute atomic E-state index is 0.0840.